The molecule has 1 aromatic heterocycles. The predicted octanol–water partition coefficient (Wildman–Crippen LogP) is 3.84. The number of likely N-dealkylation sites (N-methyl/N-ethyl adjacent to an activating group) is 1. The molecule has 2 aliphatic heterocycles. The van der Waals surface area contributed by atoms with Gasteiger partial charge in [-0.25, -0.2) is 0 Å². The Kier molecular flexibility index (Phi) is 4.48. The number of rotatable bonds is 3. The predicted molar refractivity (Wildman–Crippen MR) is 107 cm³/mol. The molecule has 3 heterocycles. The van der Waals surface area contributed by atoms with Crippen LogP contribution in [0, 0.1) is 0 Å². The van der Waals surface area contributed by atoms with Crippen molar-refractivity contribution in [2.45, 2.75) is 19.0 Å². The van der Waals surface area contributed by atoms with Gasteiger partial charge < -0.3 is 14.1 Å². The third-order valence-corrected chi connectivity index (χ3v) is 5.82. The first-order valence-corrected chi connectivity index (χ1v) is 9.85. The monoisotopic (exact) mass is 362 g/mol. The quantitative estimate of drug-likeness (QED) is 0.708. The van der Waals surface area contributed by atoms with Gasteiger partial charge in [0.15, 0.2) is 0 Å². The molecule has 0 amide bonds. The Hall–Kier alpha value is -2.14. The first kappa shape index (κ1) is 17.0. The van der Waals surface area contributed by atoms with Crippen LogP contribution in [0.4, 0.5) is 0 Å². The highest BCUT2D eigenvalue weighted by Crippen LogP contribution is 2.36. The van der Waals surface area contributed by atoms with Gasteiger partial charge in [0.25, 0.3) is 0 Å². The van der Waals surface area contributed by atoms with Crippen LogP contribution in [0.2, 0.25) is 0 Å². The van der Waals surface area contributed by atoms with Crippen molar-refractivity contribution in [1.29, 1.82) is 0 Å². The minimum atomic E-state index is 0.295. The lowest BCUT2D eigenvalue weighted by atomic mass is 9.87. The van der Waals surface area contributed by atoms with Crippen molar-refractivity contribution >= 4 is 11.0 Å². The van der Waals surface area contributed by atoms with Crippen LogP contribution in [0.3, 0.4) is 0 Å². The smallest absolute Gasteiger partial charge is 0.134 e. The minimum Gasteiger partial charge on any atom is -0.460 e. The fourth-order valence-electron chi connectivity index (χ4n) is 4.43. The van der Waals surface area contributed by atoms with Gasteiger partial charge in [-0.2, -0.15) is 0 Å². The Balaban J connectivity index is 1.45. The largest absolute Gasteiger partial charge is 0.460 e. The number of ether oxygens (including phenoxy) is 1. The highest BCUT2D eigenvalue weighted by atomic mass is 16.5. The maximum Gasteiger partial charge on any atom is 0.134 e. The van der Waals surface area contributed by atoms with Gasteiger partial charge >= 0.3 is 0 Å². The van der Waals surface area contributed by atoms with Gasteiger partial charge in [0.1, 0.15) is 11.3 Å². The van der Waals surface area contributed by atoms with Crippen molar-refractivity contribution in [3.63, 3.8) is 0 Å². The number of fused-ring (bicyclic) bond motifs is 2. The second kappa shape index (κ2) is 7.12. The molecule has 5 rings (SSSR count). The van der Waals surface area contributed by atoms with Crippen LogP contribution >= 0.6 is 0 Å². The molecule has 2 aromatic carbocycles. The second-order valence-electron chi connectivity index (χ2n) is 7.86. The lowest BCUT2D eigenvalue weighted by Crippen LogP contribution is -2.36. The Labute approximate surface area is 160 Å². The molecule has 140 valence electrons. The summed E-state index contributed by atoms with van der Waals surface area (Å²) in [6, 6.07) is 17.5. The summed E-state index contributed by atoms with van der Waals surface area (Å²) in [4.78, 5) is 4.88. The van der Waals surface area contributed by atoms with E-state index in [2.05, 4.69) is 59.3 Å². The third-order valence-electron chi connectivity index (χ3n) is 5.82. The van der Waals surface area contributed by atoms with Gasteiger partial charge in [0, 0.05) is 38.1 Å². The topological polar surface area (TPSA) is 28.9 Å². The lowest BCUT2D eigenvalue weighted by Gasteiger charge is -2.32. The highest BCUT2D eigenvalue weighted by Gasteiger charge is 2.27. The number of para-hydroxylation sites is 1. The Morgan fingerprint density at radius 3 is 2.74 bits per heavy atom. The fraction of sp³-hybridized carbons (Fsp3) is 0.391. The Morgan fingerprint density at radius 1 is 1.04 bits per heavy atom. The zero-order valence-electron chi connectivity index (χ0n) is 15.9. The van der Waals surface area contributed by atoms with Crippen LogP contribution in [0.25, 0.3) is 11.0 Å². The van der Waals surface area contributed by atoms with E-state index in [9.17, 15) is 0 Å². The molecule has 0 aliphatic carbocycles. The summed E-state index contributed by atoms with van der Waals surface area (Å²) in [5, 5.41) is 1.19. The van der Waals surface area contributed by atoms with Gasteiger partial charge in [-0.05, 0) is 35.9 Å². The van der Waals surface area contributed by atoms with E-state index in [1.807, 2.05) is 6.07 Å². The van der Waals surface area contributed by atoms with Crippen LogP contribution in [0.1, 0.15) is 28.4 Å². The highest BCUT2D eigenvalue weighted by molar-refractivity contribution is 5.78. The van der Waals surface area contributed by atoms with Crippen LogP contribution in [0.15, 0.2) is 52.9 Å². The average molecular weight is 362 g/mol. The van der Waals surface area contributed by atoms with E-state index in [4.69, 9.17) is 9.15 Å². The third kappa shape index (κ3) is 3.41. The molecule has 2 aliphatic rings. The van der Waals surface area contributed by atoms with Gasteiger partial charge in [0.05, 0.1) is 19.1 Å². The van der Waals surface area contributed by atoms with E-state index in [-0.39, 0.29) is 0 Å². The molecular formula is C23H26N2O2. The molecule has 0 saturated carbocycles. The maximum atomic E-state index is 6.22. The number of nitrogens with zero attached hydrogens (tertiary/aromatic N) is 2. The number of morpholine rings is 1. The summed E-state index contributed by atoms with van der Waals surface area (Å²) < 4.78 is 11.7. The maximum absolute atomic E-state index is 6.22. The molecule has 1 fully saturated rings. The molecule has 3 aromatic rings. The molecule has 27 heavy (non-hydrogen) atoms. The van der Waals surface area contributed by atoms with Crippen LogP contribution in [0.5, 0.6) is 0 Å². The summed E-state index contributed by atoms with van der Waals surface area (Å²) >= 11 is 0. The zero-order valence-corrected chi connectivity index (χ0v) is 15.9. The first-order valence-electron chi connectivity index (χ1n) is 9.85. The van der Waals surface area contributed by atoms with Crippen molar-refractivity contribution in [3.05, 3.63) is 71.0 Å². The molecule has 0 bridgehead atoms. The van der Waals surface area contributed by atoms with E-state index in [0.717, 1.165) is 57.3 Å². The summed E-state index contributed by atoms with van der Waals surface area (Å²) in [6.45, 7) is 6.76. The zero-order chi connectivity index (χ0) is 18.2. The molecule has 1 atom stereocenters. The standard InChI is InChI=1S/C23H26N2O2/c1-24-15-19-12-17(14-25-8-10-26-11-9-25)6-7-20(19)21(16-24)23-13-18-4-2-3-5-22(18)27-23/h2-7,12-13,21H,8-11,14-16H2,1H3. The summed E-state index contributed by atoms with van der Waals surface area (Å²) in [7, 11) is 2.20. The van der Waals surface area contributed by atoms with E-state index >= 15 is 0 Å². The summed E-state index contributed by atoms with van der Waals surface area (Å²) in [5.41, 5.74) is 5.22. The SMILES string of the molecule is CN1Cc2cc(CN3CCOCC3)ccc2C(c2cc3ccccc3o2)C1. The van der Waals surface area contributed by atoms with Crippen molar-refractivity contribution in [3.8, 4) is 0 Å². The van der Waals surface area contributed by atoms with Gasteiger partial charge in [0.2, 0.25) is 0 Å². The van der Waals surface area contributed by atoms with E-state index in [1.54, 1.807) is 0 Å². The van der Waals surface area contributed by atoms with Crippen molar-refractivity contribution in [2.75, 3.05) is 39.9 Å². The van der Waals surface area contributed by atoms with E-state index in [1.165, 1.54) is 22.1 Å². The summed E-state index contributed by atoms with van der Waals surface area (Å²) in [5.74, 6) is 1.37. The fourth-order valence-corrected chi connectivity index (χ4v) is 4.43. The molecule has 0 spiro atoms. The molecule has 1 saturated heterocycles. The number of hydrogen-bond acceptors (Lipinski definition) is 4. The number of hydrogen-bond donors (Lipinski definition) is 0. The molecule has 0 radical (unpaired) electrons. The molecular weight excluding hydrogens is 336 g/mol. The van der Waals surface area contributed by atoms with Gasteiger partial charge in [-0.15, -0.1) is 0 Å². The number of benzene rings is 2. The van der Waals surface area contributed by atoms with Crippen molar-refractivity contribution in [1.82, 2.24) is 9.80 Å². The average Bonchev–Trinajstić information content (AvgIpc) is 3.12. The van der Waals surface area contributed by atoms with Gasteiger partial charge in [-0.1, -0.05) is 36.4 Å². The van der Waals surface area contributed by atoms with Crippen molar-refractivity contribution < 1.29 is 9.15 Å². The minimum absolute atomic E-state index is 0.295. The van der Waals surface area contributed by atoms with Crippen molar-refractivity contribution in [2.24, 2.45) is 0 Å². The molecule has 0 N–H and O–H groups in total. The van der Waals surface area contributed by atoms with Crippen LogP contribution in [-0.2, 0) is 17.8 Å². The van der Waals surface area contributed by atoms with Crippen LogP contribution in [-0.4, -0.2) is 49.7 Å². The van der Waals surface area contributed by atoms with E-state index < -0.39 is 0 Å². The normalized spacial score (nSPS) is 21.4. The lowest BCUT2D eigenvalue weighted by molar-refractivity contribution is 0.0341. The first-order chi connectivity index (χ1) is 13.3. The molecule has 1 unspecified atom stereocenters. The number of furan rings is 1. The van der Waals surface area contributed by atoms with Gasteiger partial charge in [-0.3, -0.25) is 4.90 Å². The van der Waals surface area contributed by atoms with E-state index in [0.29, 0.717) is 5.92 Å². The molecule has 4 heteroatoms. The Morgan fingerprint density at radius 2 is 1.89 bits per heavy atom. The second-order valence-corrected chi connectivity index (χ2v) is 7.86. The summed E-state index contributed by atoms with van der Waals surface area (Å²) in [6.07, 6.45) is 0. The molecule has 4 nitrogen and oxygen atoms in total. The Bertz CT molecular complexity index is 909. The van der Waals surface area contributed by atoms with Crippen LogP contribution < -0.4 is 0 Å².